The molecule has 1 unspecified atom stereocenters. The normalized spacial score (nSPS) is 12.4. The number of aryl methyl sites for hydroxylation is 2. The molecule has 0 radical (unpaired) electrons. The van der Waals surface area contributed by atoms with E-state index in [9.17, 15) is 0 Å². The summed E-state index contributed by atoms with van der Waals surface area (Å²) in [5, 5.41) is 0. The van der Waals surface area contributed by atoms with Crippen molar-refractivity contribution in [3.05, 3.63) is 65.0 Å². The third-order valence-corrected chi connectivity index (χ3v) is 2.91. The zero-order chi connectivity index (χ0) is 12.3. The van der Waals surface area contributed by atoms with Crippen LogP contribution in [0, 0.1) is 13.8 Å². The summed E-state index contributed by atoms with van der Waals surface area (Å²) in [4.78, 5) is 4.38. The molecule has 1 atom stereocenters. The van der Waals surface area contributed by atoms with Crippen molar-refractivity contribution in [2.24, 2.45) is 5.73 Å². The molecule has 0 spiro atoms. The number of benzene rings is 1. The predicted octanol–water partition coefficient (Wildman–Crippen LogP) is 2.94. The quantitative estimate of drug-likeness (QED) is 0.874. The molecule has 88 valence electrons. The number of nitrogens with two attached hydrogens (primary N) is 1. The molecule has 0 saturated heterocycles. The zero-order valence-electron chi connectivity index (χ0n) is 10.4. The number of nitrogens with zero attached hydrogens (tertiary/aromatic N) is 1. The Labute approximate surface area is 103 Å². The first kappa shape index (κ1) is 11.8. The molecule has 1 aromatic heterocycles. The van der Waals surface area contributed by atoms with Gasteiger partial charge < -0.3 is 5.73 Å². The van der Waals surface area contributed by atoms with Crippen molar-refractivity contribution in [2.45, 2.75) is 26.3 Å². The lowest BCUT2D eigenvalue weighted by Gasteiger charge is -2.12. The number of pyridine rings is 1. The first-order valence-electron chi connectivity index (χ1n) is 5.89. The summed E-state index contributed by atoms with van der Waals surface area (Å²) in [6.07, 6.45) is 2.67. The predicted molar refractivity (Wildman–Crippen MR) is 70.8 cm³/mol. The SMILES string of the molecule is Cc1ccc(C(N)Cc2ccc(C)cn2)cc1. The van der Waals surface area contributed by atoms with E-state index < -0.39 is 0 Å². The topological polar surface area (TPSA) is 38.9 Å². The molecule has 0 aliphatic rings. The number of hydrogen-bond acceptors (Lipinski definition) is 2. The summed E-state index contributed by atoms with van der Waals surface area (Å²) in [6, 6.07) is 12.5. The first-order chi connectivity index (χ1) is 8.15. The van der Waals surface area contributed by atoms with Gasteiger partial charge >= 0.3 is 0 Å². The summed E-state index contributed by atoms with van der Waals surface area (Å²) < 4.78 is 0. The molecule has 2 nitrogen and oxygen atoms in total. The number of aromatic nitrogens is 1. The smallest absolute Gasteiger partial charge is 0.0422 e. The average molecular weight is 226 g/mol. The van der Waals surface area contributed by atoms with Crippen LogP contribution in [0.4, 0.5) is 0 Å². The number of hydrogen-bond donors (Lipinski definition) is 1. The molecule has 0 fully saturated rings. The fraction of sp³-hybridized carbons (Fsp3) is 0.267. The van der Waals surface area contributed by atoms with Crippen molar-refractivity contribution in [1.82, 2.24) is 4.98 Å². The molecule has 2 rings (SSSR count). The Kier molecular flexibility index (Phi) is 3.55. The number of rotatable bonds is 3. The largest absolute Gasteiger partial charge is 0.324 e. The van der Waals surface area contributed by atoms with Gasteiger partial charge in [0, 0.05) is 24.4 Å². The van der Waals surface area contributed by atoms with E-state index in [2.05, 4.69) is 42.2 Å². The van der Waals surface area contributed by atoms with Gasteiger partial charge in [-0.2, -0.15) is 0 Å². The Bertz CT molecular complexity index is 471. The van der Waals surface area contributed by atoms with Crippen LogP contribution >= 0.6 is 0 Å². The second-order valence-electron chi connectivity index (χ2n) is 4.55. The van der Waals surface area contributed by atoms with Gasteiger partial charge in [0.05, 0.1) is 0 Å². The van der Waals surface area contributed by atoms with Crippen molar-refractivity contribution >= 4 is 0 Å². The highest BCUT2D eigenvalue weighted by atomic mass is 14.7. The Morgan fingerprint density at radius 1 is 1.00 bits per heavy atom. The molecule has 0 aliphatic heterocycles. The summed E-state index contributed by atoms with van der Waals surface area (Å²) in [5.41, 5.74) is 10.8. The second kappa shape index (κ2) is 5.11. The van der Waals surface area contributed by atoms with Gasteiger partial charge in [-0.15, -0.1) is 0 Å². The molecular formula is C15H18N2. The molecule has 0 saturated carbocycles. The fourth-order valence-corrected chi connectivity index (χ4v) is 1.78. The highest BCUT2D eigenvalue weighted by Gasteiger charge is 2.07. The van der Waals surface area contributed by atoms with Gasteiger partial charge in [-0.05, 0) is 31.0 Å². The Morgan fingerprint density at radius 2 is 1.65 bits per heavy atom. The lowest BCUT2D eigenvalue weighted by Crippen LogP contribution is -2.14. The molecule has 1 aromatic carbocycles. The lowest BCUT2D eigenvalue weighted by molar-refractivity contribution is 0.706. The van der Waals surface area contributed by atoms with Crippen LogP contribution in [0.2, 0.25) is 0 Å². The van der Waals surface area contributed by atoms with Gasteiger partial charge in [0.1, 0.15) is 0 Å². The summed E-state index contributed by atoms with van der Waals surface area (Å²) in [5.74, 6) is 0. The van der Waals surface area contributed by atoms with Crippen LogP contribution < -0.4 is 5.73 Å². The zero-order valence-corrected chi connectivity index (χ0v) is 10.4. The van der Waals surface area contributed by atoms with Crippen molar-refractivity contribution in [1.29, 1.82) is 0 Å². The molecular weight excluding hydrogens is 208 g/mol. The molecule has 0 aliphatic carbocycles. The Morgan fingerprint density at radius 3 is 2.24 bits per heavy atom. The van der Waals surface area contributed by atoms with E-state index in [1.807, 2.05) is 19.2 Å². The van der Waals surface area contributed by atoms with E-state index in [-0.39, 0.29) is 6.04 Å². The van der Waals surface area contributed by atoms with E-state index in [1.165, 1.54) is 11.1 Å². The van der Waals surface area contributed by atoms with Gasteiger partial charge in [0.2, 0.25) is 0 Å². The van der Waals surface area contributed by atoms with Crippen LogP contribution in [0.3, 0.4) is 0 Å². The molecule has 2 aromatic rings. The van der Waals surface area contributed by atoms with Crippen LogP contribution in [-0.2, 0) is 6.42 Å². The van der Waals surface area contributed by atoms with E-state index in [0.29, 0.717) is 0 Å². The Balaban J connectivity index is 2.08. The second-order valence-corrected chi connectivity index (χ2v) is 4.55. The molecule has 2 N–H and O–H groups in total. The maximum atomic E-state index is 6.18. The van der Waals surface area contributed by atoms with Crippen molar-refractivity contribution in [2.75, 3.05) is 0 Å². The standard InChI is InChI=1S/C15H18N2/c1-11-3-6-13(7-4-11)15(16)9-14-8-5-12(2)10-17-14/h3-8,10,15H,9,16H2,1-2H3. The van der Waals surface area contributed by atoms with Crippen molar-refractivity contribution in [3.8, 4) is 0 Å². The molecule has 0 amide bonds. The van der Waals surface area contributed by atoms with Crippen molar-refractivity contribution in [3.63, 3.8) is 0 Å². The third kappa shape index (κ3) is 3.14. The maximum Gasteiger partial charge on any atom is 0.0422 e. The molecule has 17 heavy (non-hydrogen) atoms. The van der Waals surface area contributed by atoms with Gasteiger partial charge in [-0.1, -0.05) is 35.9 Å². The maximum absolute atomic E-state index is 6.18. The van der Waals surface area contributed by atoms with Gasteiger partial charge in [-0.25, -0.2) is 0 Å². The van der Waals surface area contributed by atoms with Crippen LogP contribution in [0.25, 0.3) is 0 Å². The van der Waals surface area contributed by atoms with Gasteiger partial charge in [0.15, 0.2) is 0 Å². The summed E-state index contributed by atoms with van der Waals surface area (Å²) in [6.45, 7) is 4.12. The minimum Gasteiger partial charge on any atom is -0.324 e. The highest BCUT2D eigenvalue weighted by Crippen LogP contribution is 2.15. The minimum atomic E-state index is 0.0193. The monoisotopic (exact) mass is 226 g/mol. The molecule has 2 heteroatoms. The van der Waals surface area contributed by atoms with E-state index >= 15 is 0 Å². The van der Waals surface area contributed by atoms with Crippen LogP contribution in [0.15, 0.2) is 42.6 Å². The highest BCUT2D eigenvalue weighted by molar-refractivity contribution is 5.25. The third-order valence-electron chi connectivity index (χ3n) is 2.91. The van der Waals surface area contributed by atoms with Gasteiger partial charge in [-0.3, -0.25) is 4.98 Å². The van der Waals surface area contributed by atoms with Gasteiger partial charge in [0.25, 0.3) is 0 Å². The fourth-order valence-electron chi connectivity index (χ4n) is 1.78. The van der Waals surface area contributed by atoms with Crippen LogP contribution in [0.5, 0.6) is 0 Å². The van der Waals surface area contributed by atoms with Crippen LogP contribution in [-0.4, -0.2) is 4.98 Å². The summed E-state index contributed by atoms with van der Waals surface area (Å²) >= 11 is 0. The van der Waals surface area contributed by atoms with E-state index in [1.54, 1.807) is 0 Å². The lowest BCUT2D eigenvalue weighted by atomic mass is 10.0. The molecule has 1 heterocycles. The molecule has 0 bridgehead atoms. The van der Waals surface area contributed by atoms with Crippen molar-refractivity contribution < 1.29 is 0 Å². The average Bonchev–Trinajstić information content (AvgIpc) is 2.33. The van der Waals surface area contributed by atoms with E-state index in [4.69, 9.17) is 5.73 Å². The minimum absolute atomic E-state index is 0.0193. The summed E-state index contributed by atoms with van der Waals surface area (Å²) in [7, 11) is 0. The first-order valence-corrected chi connectivity index (χ1v) is 5.89. The Hall–Kier alpha value is -1.67. The van der Waals surface area contributed by atoms with E-state index in [0.717, 1.165) is 17.7 Å². The van der Waals surface area contributed by atoms with Crippen LogP contribution in [0.1, 0.15) is 28.4 Å².